The van der Waals surface area contributed by atoms with Gasteiger partial charge in [-0.3, -0.25) is 0 Å². The quantitative estimate of drug-likeness (QED) is 0.365. The number of nitrogens with one attached hydrogen (secondary N) is 2. The molecule has 6 N–H and O–H groups in total. The predicted octanol–water partition coefficient (Wildman–Crippen LogP) is 3.94. The Kier molecular flexibility index (Phi) is 2.99. The number of nitrogens with two attached hydrogens (primary N) is 2. The number of aromatic amines is 2. The molecule has 5 rings (SSSR count). The van der Waals surface area contributed by atoms with Crippen molar-refractivity contribution >= 4 is 33.4 Å². The van der Waals surface area contributed by atoms with Crippen LogP contribution in [0.5, 0.6) is 0 Å². The summed E-state index contributed by atoms with van der Waals surface area (Å²) in [7, 11) is 0. The zero-order valence-corrected chi connectivity index (χ0v) is 13.8. The van der Waals surface area contributed by atoms with E-state index in [0.29, 0.717) is 5.69 Å². The number of benzene rings is 3. The second-order valence-corrected chi connectivity index (χ2v) is 6.30. The molecule has 0 amide bonds. The second-order valence-electron chi connectivity index (χ2n) is 6.30. The highest BCUT2D eigenvalue weighted by Crippen LogP contribution is 2.27. The molecule has 0 unspecified atom stereocenters. The van der Waals surface area contributed by atoms with Gasteiger partial charge in [0, 0.05) is 22.5 Å². The first-order chi connectivity index (χ1) is 12.7. The number of nitrogens with zero attached hydrogens (tertiary/aromatic N) is 2. The Morgan fingerprint density at radius 1 is 0.577 bits per heavy atom. The van der Waals surface area contributed by atoms with E-state index < -0.39 is 0 Å². The van der Waals surface area contributed by atoms with Crippen LogP contribution < -0.4 is 11.5 Å². The third kappa shape index (κ3) is 2.36. The third-order valence-electron chi connectivity index (χ3n) is 4.45. The largest absolute Gasteiger partial charge is 0.399 e. The topological polar surface area (TPSA) is 109 Å². The molecular formula is C20H16N6. The molecule has 0 radical (unpaired) electrons. The van der Waals surface area contributed by atoms with Crippen molar-refractivity contribution in [1.29, 1.82) is 0 Å². The maximum absolute atomic E-state index is 5.84. The number of H-pyrrole nitrogens is 2. The summed E-state index contributed by atoms with van der Waals surface area (Å²) in [5, 5.41) is 0. The minimum absolute atomic E-state index is 0.713. The van der Waals surface area contributed by atoms with Crippen LogP contribution in [-0.4, -0.2) is 19.9 Å². The van der Waals surface area contributed by atoms with Gasteiger partial charge in [0.15, 0.2) is 0 Å². The molecule has 0 spiro atoms. The number of fused-ring (bicyclic) bond motifs is 2. The van der Waals surface area contributed by atoms with E-state index in [-0.39, 0.29) is 0 Å². The molecule has 3 aromatic carbocycles. The molecule has 0 saturated heterocycles. The van der Waals surface area contributed by atoms with Crippen LogP contribution in [0, 0.1) is 0 Å². The Labute approximate surface area is 148 Å². The fraction of sp³-hybridized carbons (Fsp3) is 0. The van der Waals surface area contributed by atoms with Gasteiger partial charge < -0.3 is 21.4 Å². The molecule has 0 saturated carbocycles. The Morgan fingerprint density at radius 3 is 1.85 bits per heavy atom. The van der Waals surface area contributed by atoms with Gasteiger partial charge in [-0.15, -0.1) is 0 Å². The van der Waals surface area contributed by atoms with Crippen molar-refractivity contribution in [3.05, 3.63) is 60.7 Å². The monoisotopic (exact) mass is 340 g/mol. The standard InChI is InChI=1S/C20H16N6/c21-13-4-1-11(2-5-13)19-23-15-7-3-12(9-17(15)25-19)20-24-16-8-6-14(22)10-18(16)26-20/h1-10H,21-22H2,(H,23,25)(H,24,26). The van der Waals surface area contributed by atoms with Gasteiger partial charge in [0.1, 0.15) is 11.6 Å². The van der Waals surface area contributed by atoms with E-state index in [0.717, 1.165) is 50.5 Å². The normalized spacial score (nSPS) is 11.4. The molecule has 0 atom stereocenters. The van der Waals surface area contributed by atoms with Crippen LogP contribution in [0.3, 0.4) is 0 Å². The van der Waals surface area contributed by atoms with Gasteiger partial charge in [-0.05, 0) is 60.7 Å². The highest BCUT2D eigenvalue weighted by atomic mass is 14.9. The van der Waals surface area contributed by atoms with Crippen molar-refractivity contribution in [2.45, 2.75) is 0 Å². The van der Waals surface area contributed by atoms with Crippen molar-refractivity contribution in [3.8, 4) is 22.8 Å². The lowest BCUT2D eigenvalue weighted by atomic mass is 10.2. The van der Waals surface area contributed by atoms with E-state index in [1.54, 1.807) is 0 Å². The highest BCUT2D eigenvalue weighted by molar-refractivity contribution is 5.86. The molecular weight excluding hydrogens is 324 g/mol. The highest BCUT2D eigenvalue weighted by Gasteiger charge is 2.10. The Balaban J connectivity index is 1.59. The number of anilines is 2. The molecule has 5 aromatic rings. The minimum Gasteiger partial charge on any atom is -0.399 e. The number of imidazole rings is 2. The van der Waals surface area contributed by atoms with Crippen LogP contribution in [0.1, 0.15) is 0 Å². The first-order valence-corrected chi connectivity index (χ1v) is 8.27. The van der Waals surface area contributed by atoms with Gasteiger partial charge in [0.25, 0.3) is 0 Å². The average molecular weight is 340 g/mol. The number of rotatable bonds is 2. The first-order valence-electron chi connectivity index (χ1n) is 8.27. The van der Waals surface area contributed by atoms with Crippen molar-refractivity contribution in [3.63, 3.8) is 0 Å². The van der Waals surface area contributed by atoms with Crippen LogP contribution in [0.15, 0.2) is 60.7 Å². The summed E-state index contributed by atoms with van der Waals surface area (Å²) in [6.07, 6.45) is 0. The molecule has 2 aromatic heterocycles. The Hall–Kier alpha value is -3.80. The number of nitrogen functional groups attached to an aromatic ring is 2. The SMILES string of the molecule is Nc1ccc(-c2nc3ccc(-c4nc5ccc(N)cc5[nH]4)cc3[nH]2)cc1. The molecule has 6 nitrogen and oxygen atoms in total. The summed E-state index contributed by atoms with van der Waals surface area (Å²) in [5.74, 6) is 1.62. The van der Waals surface area contributed by atoms with Crippen LogP contribution >= 0.6 is 0 Å². The zero-order valence-electron chi connectivity index (χ0n) is 13.8. The van der Waals surface area contributed by atoms with Gasteiger partial charge in [0.2, 0.25) is 0 Å². The maximum atomic E-state index is 5.84. The van der Waals surface area contributed by atoms with E-state index in [2.05, 4.69) is 19.9 Å². The molecule has 126 valence electrons. The summed E-state index contributed by atoms with van der Waals surface area (Å²) in [6, 6.07) is 19.4. The number of aromatic nitrogens is 4. The van der Waals surface area contributed by atoms with Crippen LogP contribution in [0.25, 0.3) is 44.8 Å². The summed E-state index contributed by atoms with van der Waals surface area (Å²) in [6.45, 7) is 0. The van der Waals surface area contributed by atoms with Gasteiger partial charge in [-0.2, -0.15) is 0 Å². The average Bonchev–Trinajstić information content (AvgIpc) is 3.25. The van der Waals surface area contributed by atoms with Crippen LogP contribution in [-0.2, 0) is 0 Å². The Bertz CT molecular complexity index is 1250. The van der Waals surface area contributed by atoms with Crippen LogP contribution in [0.2, 0.25) is 0 Å². The number of hydrogen-bond acceptors (Lipinski definition) is 4. The predicted molar refractivity (Wildman–Crippen MR) is 105 cm³/mol. The number of hydrogen-bond donors (Lipinski definition) is 4. The van der Waals surface area contributed by atoms with Crippen molar-refractivity contribution < 1.29 is 0 Å². The van der Waals surface area contributed by atoms with Gasteiger partial charge >= 0.3 is 0 Å². The second kappa shape index (κ2) is 5.35. The van der Waals surface area contributed by atoms with Gasteiger partial charge in [-0.25, -0.2) is 9.97 Å². The molecule has 0 aliphatic rings. The van der Waals surface area contributed by atoms with Crippen molar-refractivity contribution in [2.24, 2.45) is 0 Å². The van der Waals surface area contributed by atoms with E-state index in [4.69, 9.17) is 11.5 Å². The zero-order chi connectivity index (χ0) is 17.7. The molecule has 0 fully saturated rings. The molecule has 26 heavy (non-hydrogen) atoms. The van der Waals surface area contributed by atoms with E-state index in [9.17, 15) is 0 Å². The minimum atomic E-state index is 0.713. The van der Waals surface area contributed by atoms with Gasteiger partial charge in [-0.1, -0.05) is 0 Å². The van der Waals surface area contributed by atoms with Crippen molar-refractivity contribution in [1.82, 2.24) is 19.9 Å². The van der Waals surface area contributed by atoms with Gasteiger partial charge in [0.05, 0.1) is 22.1 Å². The maximum Gasteiger partial charge on any atom is 0.138 e. The first kappa shape index (κ1) is 14.5. The lowest BCUT2D eigenvalue weighted by Gasteiger charge is -1.97. The fourth-order valence-corrected chi connectivity index (χ4v) is 3.10. The van der Waals surface area contributed by atoms with Crippen LogP contribution in [0.4, 0.5) is 11.4 Å². The van der Waals surface area contributed by atoms with E-state index in [1.165, 1.54) is 0 Å². The fourth-order valence-electron chi connectivity index (χ4n) is 3.10. The smallest absolute Gasteiger partial charge is 0.138 e. The summed E-state index contributed by atoms with van der Waals surface area (Å²) in [4.78, 5) is 16.0. The molecule has 0 bridgehead atoms. The Morgan fingerprint density at radius 2 is 1.12 bits per heavy atom. The molecule has 6 heteroatoms. The lowest BCUT2D eigenvalue weighted by Crippen LogP contribution is -1.84. The summed E-state index contributed by atoms with van der Waals surface area (Å²) in [5.41, 5.74) is 18.7. The van der Waals surface area contributed by atoms with E-state index >= 15 is 0 Å². The third-order valence-corrected chi connectivity index (χ3v) is 4.45. The van der Waals surface area contributed by atoms with E-state index in [1.807, 2.05) is 60.7 Å². The lowest BCUT2D eigenvalue weighted by molar-refractivity contribution is 1.33. The van der Waals surface area contributed by atoms with Crippen molar-refractivity contribution in [2.75, 3.05) is 11.5 Å². The molecule has 0 aliphatic carbocycles. The summed E-state index contributed by atoms with van der Waals surface area (Å²) >= 11 is 0. The summed E-state index contributed by atoms with van der Waals surface area (Å²) < 4.78 is 0. The molecule has 2 heterocycles. The molecule has 0 aliphatic heterocycles.